The molecule has 7 aromatic rings. The van der Waals surface area contributed by atoms with Crippen molar-refractivity contribution in [3.63, 3.8) is 0 Å². The zero-order valence-electron chi connectivity index (χ0n) is 26.1. The first-order chi connectivity index (χ1) is 23.2. The molecule has 0 aliphatic carbocycles. The van der Waals surface area contributed by atoms with Gasteiger partial charge in [-0.25, -0.2) is 4.98 Å². The maximum atomic E-state index is 5.40. The molecule has 0 aliphatic heterocycles. The lowest BCUT2D eigenvalue weighted by atomic mass is 9.98. The molecule has 0 atom stereocenters. The van der Waals surface area contributed by atoms with Crippen molar-refractivity contribution in [1.82, 2.24) is 15.0 Å². The average Bonchev–Trinajstić information content (AvgIpc) is 3.16. The van der Waals surface area contributed by atoms with Gasteiger partial charge in [0.2, 0.25) is 0 Å². The number of hydrogen-bond donors (Lipinski definition) is 0. The van der Waals surface area contributed by atoms with Crippen molar-refractivity contribution >= 4 is 17.1 Å². The van der Waals surface area contributed by atoms with E-state index in [0.29, 0.717) is 0 Å². The maximum Gasteiger partial charge on any atom is 0.119 e. The normalized spacial score (nSPS) is 10.8. The minimum Gasteiger partial charge on any atom is -0.497 e. The van der Waals surface area contributed by atoms with Gasteiger partial charge in [0, 0.05) is 53.0 Å². The van der Waals surface area contributed by atoms with Crippen molar-refractivity contribution in [3.8, 4) is 56.3 Å². The van der Waals surface area contributed by atoms with Gasteiger partial charge in [-0.3, -0.25) is 9.97 Å². The van der Waals surface area contributed by atoms with Crippen LogP contribution in [0, 0.1) is 0 Å². The van der Waals surface area contributed by atoms with Crippen LogP contribution in [-0.2, 0) is 0 Å². The molecule has 0 bridgehead atoms. The molecule has 228 valence electrons. The van der Waals surface area contributed by atoms with Crippen LogP contribution in [0.4, 0.5) is 17.1 Å². The molecule has 0 aliphatic rings. The Morgan fingerprint density at radius 1 is 0.426 bits per heavy atom. The molecule has 47 heavy (non-hydrogen) atoms. The molecule has 0 fully saturated rings. The monoisotopic (exact) mass is 612 g/mol. The largest absolute Gasteiger partial charge is 0.497 e. The van der Waals surface area contributed by atoms with Crippen molar-refractivity contribution in [1.29, 1.82) is 0 Å². The molecule has 0 saturated carbocycles. The van der Waals surface area contributed by atoms with Crippen LogP contribution in [0.15, 0.2) is 158 Å². The van der Waals surface area contributed by atoms with E-state index in [1.807, 2.05) is 60.9 Å². The summed E-state index contributed by atoms with van der Waals surface area (Å²) >= 11 is 0. The lowest BCUT2D eigenvalue weighted by Gasteiger charge is -2.26. The number of anilines is 3. The fourth-order valence-electron chi connectivity index (χ4n) is 5.59. The van der Waals surface area contributed by atoms with E-state index in [0.717, 1.165) is 73.3 Å². The molecule has 0 N–H and O–H groups in total. The van der Waals surface area contributed by atoms with Crippen LogP contribution in [0.5, 0.6) is 11.5 Å². The van der Waals surface area contributed by atoms with Crippen LogP contribution in [0.3, 0.4) is 0 Å². The third-order valence-electron chi connectivity index (χ3n) is 8.08. The molecule has 0 unspecified atom stereocenters. The van der Waals surface area contributed by atoms with E-state index in [1.54, 1.807) is 26.6 Å². The van der Waals surface area contributed by atoms with Gasteiger partial charge >= 0.3 is 0 Å². The highest BCUT2D eigenvalue weighted by Crippen LogP contribution is 2.37. The number of hydrogen-bond acceptors (Lipinski definition) is 6. The van der Waals surface area contributed by atoms with E-state index in [-0.39, 0.29) is 0 Å². The van der Waals surface area contributed by atoms with Gasteiger partial charge in [-0.05, 0) is 119 Å². The van der Waals surface area contributed by atoms with Gasteiger partial charge < -0.3 is 14.4 Å². The van der Waals surface area contributed by atoms with Crippen molar-refractivity contribution in [2.75, 3.05) is 19.1 Å². The second kappa shape index (κ2) is 13.4. The van der Waals surface area contributed by atoms with E-state index >= 15 is 0 Å². The molecular formula is C41H32N4O2. The molecule has 0 radical (unpaired) electrons. The predicted octanol–water partition coefficient (Wildman–Crippen LogP) is 10.0. The summed E-state index contributed by atoms with van der Waals surface area (Å²) in [5, 5.41) is 0. The minimum atomic E-state index is 0.815. The zero-order valence-corrected chi connectivity index (χ0v) is 26.1. The van der Waals surface area contributed by atoms with Gasteiger partial charge in [0.15, 0.2) is 0 Å². The maximum absolute atomic E-state index is 5.40. The number of benzene rings is 4. The predicted molar refractivity (Wildman–Crippen MR) is 189 cm³/mol. The highest BCUT2D eigenvalue weighted by molar-refractivity contribution is 5.80. The topological polar surface area (TPSA) is 60.4 Å². The third-order valence-corrected chi connectivity index (χ3v) is 8.08. The fourth-order valence-corrected chi connectivity index (χ4v) is 5.59. The number of pyridine rings is 3. The molecule has 3 heterocycles. The number of ether oxygens (including phenoxy) is 2. The standard InChI is InChI=1S/C41H32N4O2/c1-46-38-19-15-36(16-20-38)45(37-17-21-39(47-2)22-18-37)35-13-11-30(12-14-35)29-7-9-31(10-8-29)34-25-40(32-5-3-23-42-27-32)44-41(26-34)33-6-4-24-43-28-33/h3-28H,1-2H3. The molecule has 0 saturated heterocycles. The van der Waals surface area contributed by atoms with E-state index in [9.17, 15) is 0 Å². The van der Waals surface area contributed by atoms with Crippen molar-refractivity contribution in [3.05, 3.63) is 158 Å². The molecule has 4 aromatic carbocycles. The highest BCUT2D eigenvalue weighted by atomic mass is 16.5. The van der Waals surface area contributed by atoms with Gasteiger partial charge in [0.05, 0.1) is 25.6 Å². The molecule has 0 amide bonds. The Labute approximate surface area is 274 Å². The first-order valence-electron chi connectivity index (χ1n) is 15.3. The molecule has 0 spiro atoms. The van der Waals surface area contributed by atoms with Gasteiger partial charge in [0.25, 0.3) is 0 Å². The lowest BCUT2D eigenvalue weighted by Crippen LogP contribution is -2.09. The summed E-state index contributed by atoms with van der Waals surface area (Å²) in [6, 6.07) is 45.6. The summed E-state index contributed by atoms with van der Waals surface area (Å²) in [7, 11) is 3.36. The third kappa shape index (κ3) is 6.44. The van der Waals surface area contributed by atoms with E-state index in [4.69, 9.17) is 14.5 Å². The minimum absolute atomic E-state index is 0.815. The molecule has 6 heteroatoms. The van der Waals surface area contributed by atoms with Crippen LogP contribution < -0.4 is 14.4 Å². The van der Waals surface area contributed by atoms with Gasteiger partial charge in [-0.1, -0.05) is 36.4 Å². The first kappa shape index (κ1) is 29.4. The second-order valence-electron chi connectivity index (χ2n) is 11.0. The van der Waals surface area contributed by atoms with Gasteiger partial charge in [-0.2, -0.15) is 0 Å². The van der Waals surface area contributed by atoms with Gasteiger partial charge in [-0.15, -0.1) is 0 Å². The SMILES string of the molecule is COc1ccc(N(c2ccc(OC)cc2)c2ccc(-c3ccc(-c4cc(-c5cccnc5)nc(-c5cccnc5)c4)cc3)cc2)cc1. The van der Waals surface area contributed by atoms with Crippen LogP contribution in [0.25, 0.3) is 44.8 Å². The summed E-state index contributed by atoms with van der Waals surface area (Å²) in [5.74, 6) is 1.63. The Bertz CT molecular complexity index is 1960. The number of nitrogens with zero attached hydrogens (tertiary/aromatic N) is 4. The molecule has 6 nitrogen and oxygen atoms in total. The zero-order chi connectivity index (χ0) is 32.0. The number of methoxy groups -OCH3 is 2. The first-order valence-corrected chi connectivity index (χ1v) is 15.3. The molecule has 7 rings (SSSR count). The van der Waals surface area contributed by atoms with Crippen LogP contribution in [0.1, 0.15) is 0 Å². The van der Waals surface area contributed by atoms with Crippen LogP contribution >= 0.6 is 0 Å². The van der Waals surface area contributed by atoms with Crippen LogP contribution in [-0.4, -0.2) is 29.2 Å². The van der Waals surface area contributed by atoms with Crippen molar-refractivity contribution in [2.24, 2.45) is 0 Å². The fraction of sp³-hybridized carbons (Fsp3) is 0.0488. The number of aromatic nitrogens is 3. The van der Waals surface area contributed by atoms with Gasteiger partial charge in [0.1, 0.15) is 11.5 Å². The molecular weight excluding hydrogens is 580 g/mol. The van der Waals surface area contributed by atoms with E-state index in [1.165, 1.54) is 0 Å². The Hall–Kier alpha value is -6.27. The Kier molecular flexibility index (Phi) is 8.38. The molecule has 3 aromatic heterocycles. The summed E-state index contributed by atoms with van der Waals surface area (Å²) in [6.45, 7) is 0. The number of rotatable bonds is 9. The lowest BCUT2D eigenvalue weighted by molar-refractivity contribution is 0.415. The summed E-state index contributed by atoms with van der Waals surface area (Å²) in [4.78, 5) is 15.8. The second-order valence-corrected chi connectivity index (χ2v) is 11.0. The van der Waals surface area contributed by atoms with E-state index < -0.39 is 0 Å². The average molecular weight is 613 g/mol. The highest BCUT2D eigenvalue weighted by Gasteiger charge is 2.14. The quantitative estimate of drug-likeness (QED) is 0.162. The summed E-state index contributed by atoms with van der Waals surface area (Å²) in [6.07, 6.45) is 7.24. The van der Waals surface area contributed by atoms with Crippen molar-refractivity contribution in [2.45, 2.75) is 0 Å². The van der Waals surface area contributed by atoms with Crippen molar-refractivity contribution < 1.29 is 9.47 Å². The Morgan fingerprint density at radius 3 is 1.19 bits per heavy atom. The summed E-state index contributed by atoms with van der Waals surface area (Å²) < 4.78 is 10.8. The Morgan fingerprint density at radius 2 is 0.809 bits per heavy atom. The van der Waals surface area contributed by atoms with E-state index in [2.05, 4.69) is 99.8 Å². The Balaban J connectivity index is 1.20. The smallest absolute Gasteiger partial charge is 0.119 e. The summed E-state index contributed by atoms with van der Waals surface area (Å²) in [5.41, 5.74) is 11.2. The van der Waals surface area contributed by atoms with Crippen LogP contribution in [0.2, 0.25) is 0 Å².